The number of rotatable bonds is 4. The van der Waals surface area contributed by atoms with E-state index in [1.165, 1.54) is 4.90 Å². The Balaban J connectivity index is 2.15. The van der Waals surface area contributed by atoms with Crippen LogP contribution in [0.5, 0.6) is 0 Å². The Morgan fingerprint density at radius 3 is 2.53 bits per heavy atom. The topological polar surface area (TPSA) is 57.6 Å². The summed E-state index contributed by atoms with van der Waals surface area (Å²) in [6.07, 6.45) is 0.586. The first-order valence-electron chi connectivity index (χ1n) is 5.92. The number of likely N-dealkylation sites (tertiary alicyclic amines) is 1. The zero-order valence-electron chi connectivity index (χ0n) is 10.1. The van der Waals surface area contributed by atoms with Crippen LogP contribution in [0, 0.1) is 11.6 Å². The Kier molecular flexibility index (Phi) is 3.78. The van der Waals surface area contributed by atoms with Gasteiger partial charge in [0, 0.05) is 25.1 Å². The lowest BCUT2D eigenvalue weighted by Crippen LogP contribution is -2.34. The molecule has 6 heteroatoms. The number of halogens is 2. The van der Waals surface area contributed by atoms with Crippen molar-refractivity contribution in [3.8, 4) is 0 Å². The molecule has 0 spiro atoms. The number of carboxylic acids is 1. The van der Waals surface area contributed by atoms with Crippen molar-refractivity contribution in [1.29, 1.82) is 0 Å². The maximum absolute atomic E-state index is 13.1. The maximum Gasteiger partial charge on any atom is 0.305 e. The predicted molar refractivity (Wildman–Crippen MR) is 62.2 cm³/mol. The van der Waals surface area contributed by atoms with Crippen molar-refractivity contribution in [2.24, 2.45) is 0 Å². The minimum atomic E-state index is -0.991. The normalized spacial score (nSPS) is 18.9. The van der Waals surface area contributed by atoms with Crippen LogP contribution >= 0.6 is 0 Å². The number of aliphatic carboxylic acids is 1. The Labute approximate surface area is 108 Å². The summed E-state index contributed by atoms with van der Waals surface area (Å²) in [5.74, 6) is -2.60. The van der Waals surface area contributed by atoms with Gasteiger partial charge in [-0.05, 0) is 24.1 Å². The number of carbonyl (C=O) groups is 2. The number of amides is 1. The summed E-state index contributed by atoms with van der Waals surface area (Å²) < 4.78 is 26.1. The van der Waals surface area contributed by atoms with Crippen LogP contribution in [-0.4, -0.2) is 27.9 Å². The van der Waals surface area contributed by atoms with E-state index >= 15 is 0 Å². The SMILES string of the molecule is O=C(O)CC1CCC(=O)N1Cc1cc(F)cc(F)c1. The van der Waals surface area contributed by atoms with Gasteiger partial charge in [-0.2, -0.15) is 0 Å². The summed E-state index contributed by atoms with van der Waals surface area (Å²) in [5.41, 5.74) is 0.322. The number of benzene rings is 1. The smallest absolute Gasteiger partial charge is 0.305 e. The van der Waals surface area contributed by atoms with Crippen molar-refractivity contribution in [3.05, 3.63) is 35.4 Å². The third-order valence-corrected chi connectivity index (χ3v) is 3.14. The highest BCUT2D eigenvalue weighted by molar-refractivity contribution is 5.80. The van der Waals surface area contributed by atoms with Crippen LogP contribution < -0.4 is 0 Å². The molecule has 1 saturated heterocycles. The van der Waals surface area contributed by atoms with Crippen LogP contribution in [0.2, 0.25) is 0 Å². The zero-order valence-corrected chi connectivity index (χ0v) is 10.1. The number of carboxylic acid groups (broad SMARTS) is 1. The monoisotopic (exact) mass is 269 g/mol. The van der Waals surface area contributed by atoms with E-state index in [2.05, 4.69) is 0 Å². The summed E-state index contributed by atoms with van der Waals surface area (Å²) >= 11 is 0. The Morgan fingerprint density at radius 2 is 1.95 bits per heavy atom. The molecule has 2 rings (SSSR count). The average molecular weight is 269 g/mol. The van der Waals surface area contributed by atoms with Crippen molar-refractivity contribution in [2.75, 3.05) is 0 Å². The van der Waals surface area contributed by atoms with Gasteiger partial charge in [-0.25, -0.2) is 8.78 Å². The minimum absolute atomic E-state index is 0.0332. The lowest BCUT2D eigenvalue weighted by molar-refractivity contribution is -0.139. The first-order chi connectivity index (χ1) is 8.95. The molecule has 4 nitrogen and oxygen atoms in total. The van der Waals surface area contributed by atoms with E-state index in [9.17, 15) is 18.4 Å². The summed E-state index contributed by atoms with van der Waals surface area (Å²) in [5, 5.41) is 8.77. The third kappa shape index (κ3) is 3.27. The lowest BCUT2D eigenvalue weighted by atomic mass is 10.1. The molecule has 0 aromatic heterocycles. The van der Waals surface area contributed by atoms with E-state index in [1.807, 2.05) is 0 Å². The van der Waals surface area contributed by atoms with Crippen molar-refractivity contribution in [2.45, 2.75) is 31.8 Å². The first-order valence-corrected chi connectivity index (χ1v) is 5.92. The molecule has 0 aliphatic carbocycles. The predicted octanol–water partition coefficient (Wildman–Crippen LogP) is 1.93. The van der Waals surface area contributed by atoms with Gasteiger partial charge in [0.25, 0.3) is 0 Å². The summed E-state index contributed by atoms with van der Waals surface area (Å²) in [6.45, 7) is 0.0332. The fourth-order valence-electron chi connectivity index (χ4n) is 2.32. The van der Waals surface area contributed by atoms with Gasteiger partial charge in [0.1, 0.15) is 11.6 Å². The largest absolute Gasteiger partial charge is 0.481 e. The summed E-state index contributed by atoms with van der Waals surface area (Å²) in [4.78, 5) is 23.8. The molecule has 1 amide bonds. The molecular formula is C13H13F2NO3. The van der Waals surface area contributed by atoms with Crippen LogP contribution in [0.4, 0.5) is 8.78 Å². The quantitative estimate of drug-likeness (QED) is 0.908. The number of nitrogens with zero attached hydrogens (tertiary/aromatic N) is 1. The second kappa shape index (κ2) is 5.34. The standard InChI is InChI=1S/C13H13F2NO3/c14-9-3-8(4-10(15)5-9)7-16-11(6-13(18)19)1-2-12(16)17/h3-5,11H,1-2,6-7H2,(H,18,19). The molecule has 1 aliphatic rings. The van der Waals surface area contributed by atoms with Crippen molar-refractivity contribution >= 4 is 11.9 Å². The third-order valence-electron chi connectivity index (χ3n) is 3.14. The Bertz CT molecular complexity index is 498. The highest BCUT2D eigenvalue weighted by Crippen LogP contribution is 2.24. The number of carbonyl (C=O) groups excluding carboxylic acids is 1. The molecule has 0 saturated carbocycles. The maximum atomic E-state index is 13.1. The molecule has 1 heterocycles. The van der Waals surface area contributed by atoms with Crippen LogP contribution in [0.25, 0.3) is 0 Å². The molecule has 1 atom stereocenters. The second-order valence-corrected chi connectivity index (χ2v) is 4.59. The van der Waals surface area contributed by atoms with Gasteiger partial charge in [0.2, 0.25) is 5.91 Å². The van der Waals surface area contributed by atoms with E-state index < -0.39 is 23.6 Å². The molecule has 19 heavy (non-hydrogen) atoms. The van der Waals surface area contributed by atoms with Crippen molar-refractivity contribution in [3.63, 3.8) is 0 Å². The fourth-order valence-corrected chi connectivity index (χ4v) is 2.32. The first kappa shape index (κ1) is 13.5. The molecule has 1 aromatic carbocycles. The molecule has 1 aromatic rings. The van der Waals surface area contributed by atoms with Gasteiger partial charge in [0.15, 0.2) is 0 Å². The minimum Gasteiger partial charge on any atom is -0.481 e. The number of hydrogen-bond acceptors (Lipinski definition) is 2. The number of hydrogen-bond donors (Lipinski definition) is 1. The molecule has 102 valence electrons. The van der Waals surface area contributed by atoms with E-state index in [0.29, 0.717) is 12.0 Å². The highest BCUT2D eigenvalue weighted by Gasteiger charge is 2.32. The van der Waals surface area contributed by atoms with E-state index in [0.717, 1.165) is 18.2 Å². The highest BCUT2D eigenvalue weighted by atomic mass is 19.1. The Hall–Kier alpha value is -1.98. The van der Waals surface area contributed by atoms with Crippen molar-refractivity contribution in [1.82, 2.24) is 4.90 Å². The average Bonchev–Trinajstić information content (AvgIpc) is 2.59. The second-order valence-electron chi connectivity index (χ2n) is 4.59. The van der Waals surface area contributed by atoms with Gasteiger partial charge >= 0.3 is 5.97 Å². The van der Waals surface area contributed by atoms with Crippen molar-refractivity contribution < 1.29 is 23.5 Å². The Morgan fingerprint density at radius 1 is 1.32 bits per heavy atom. The molecule has 0 bridgehead atoms. The molecule has 1 fully saturated rings. The van der Waals surface area contributed by atoms with Gasteiger partial charge < -0.3 is 10.0 Å². The van der Waals surface area contributed by atoms with E-state index in [4.69, 9.17) is 5.11 Å². The molecule has 0 radical (unpaired) electrons. The summed E-state index contributed by atoms with van der Waals surface area (Å²) in [7, 11) is 0. The van der Waals surface area contributed by atoms with E-state index in [1.54, 1.807) is 0 Å². The molecule has 1 N–H and O–H groups in total. The van der Waals surface area contributed by atoms with Crippen LogP contribution in [0.3, 0.4) is 0 Å². The van der Waals surface area contributed by atoms with Crippen LogP contribution in [-0.2, 0) is 16.1 Å². The van der Waals surface area contributed by atoms with Gasteiger partial charge in [-0.3, -0.25) is 9.59 Å². The van der Waals surface area contributed by atoms with Crippen LogP contribution in [0.1, 0.15) is 24.8 Å². The zero-order chi connectivity index (χ0) is 14.0. The van der Waals surface area contributed by atoms with Gasteiger partial charge in [0.05, 0.1) is 6.42 Å². The van der Waals surface area contributed by atoms with Gasteiger partial charge in [-0.1, -0.05) is 0 Å². The molecular weight excluding hydrogens is 256 g/mol. The lowest BCUT2D eigenvalue weighted by Gasteiger charge is -2.23. The van der Waals surface area contributed by atoms with E-state index in [-0.39, 0.29) is 25.3 Å². The van der Waals surface area contributed by atoms with Crippen LogP contribution in [0.15, 0.2) is 18.2 Å². The molecule has 1 aliphatic heterocycles. The molecule has 1 unspecified atom stereocenters. The summed E-state index contributed by atoms with van der Waals surface area (Å²) in [6, 6.07) is 2.64. The fraction of sp³-hybridized carbons (Fsp3) is 0.385. The van der Waals surface area contributed by atoms with Gasteiger partial charge in [-0.15, -0.1) is 0 Å².